The maximum Gasteiger partial charge on any atom is 0.258 e. The summed E-state index contributed by atoms with van der Waals surface area (Å²) in [6, 6.07) is 14.1. The average Bonchev–Trinajstić information content (AvgIpc) is 2.61. The highest BCUT2D eigenvalue weighted by molar-refractivity contribution is 5.78. The van der Waals surface area contributed by atoms with Gasteiger partial charge in [0.1, 0.15) is 11.6 Å². The molecule has 0 spiro atoms. The lowest BCUT2D eigenvalue weighted by atomic mass is 10.1. The minimum absolute atomic E-state index is 0.0842. The molecule has 0 aliphatic heterocycles. The molecule has 1 aromatic heterocycles. The third kappa shape index (κ3) is 3.85. The highest BCUT2D eigenvalue weighted by Crippen LogP contribution is 2.17. The number of amides is 1. The minimum atomic E-state index is -0.212. The van der Waals surface area contributed by atoms with E-state index in [-0.39, 0.29) is 30.2 Å². The first-order chi connectivity index (χ1) is 12.0. The molecule has 1 amide bonds. The van der Waals surface area contributed by atoms with E-state index in [1.54, 1.807) is 43.4 Å². The zero-order valence-corrected chi connectivity index (χ0v) is 13.9. The molecule has 6 heteroatoms. The number of rotatable bonds is 5. The Hall–Kier alpha value is -3.15. The van der Waals surface area contributed by atoms with Crippen LogP contribution in [0.25, 0.3) is 10.9 Å². The second kappa shape index (κ2) is 7.17. The molecule has 0 bridgehead atoms. The van der Waals surface area contributed by atoms with Gasteiger partial charge in [0.2, 0.25) is 5.91 Å². The highest BCUT2D eigenvalue weighted by Gasteiger charge is 2.13. The fourth-order valence-electron chi connectivity index (χ4n) is 2.68. The van der Waals surface area contributed by atoms with E-state index in [1.807, 2.05) is 12.1 Å². The van der Waals surface area contributed by atoms with Gasteiger partial charge in [-0.15, -0.1) is 0 Å². The lowest BCUT2D eigenvalue weighted by Gasteiger charge is -2.17. The number of hydrogen-bond donors (Lipinski definition) is 2. The Morgan fingerprint density at radius 3 is 2.68 bits per heavy atom. The van der Waals surface area contributed by atoms with E-state index >= 15 is 0 Å². The fraction of sp³-hybridized carbons (Fsp3) is 0.211. The van der Waals surface area contributed by atoms with Gasteiger partial charge in [-0.25, -0.2) is 4.98 Å². The van der Waals surface area contributed by atoms with Crippen LogP contribution < -0.4 is 5.56 Å². The molecule has 0 saturated heterocycles. The Labute approximate surface area is 144 Å². The van der Waals surface area contributed by atoms with Crippen molar-refractivity contribution in [3.63, 3.8) is 0 Å². The molecule has 2 N–H and O–H groups in total. The van der Waals surface area contributed by atoms with Crippen molar-refractivity contribution in [2.24, 2.45) is 0 Å². The van der Waals surface area contributed by atoms with Crippen LogP contribution in [-0.2, 0) is 17.8 Å². The normalized spacial score (nSPS) is 10.8. The third-order valence-corrected chi connectivity index (χ3v) is 4.07. The van der Waals surface area contributed by atoms with Gasteiger partial charge < -0.3 is 15.0 Å². The summed E-state index contributed by atoms with van der Waals surface area (Å²) in [6.45, 7) is 0.222. The van der Waals surface area contributed by atoms with Crippen LogP contribution in [0.3, 0.4) is 0 Å². The van der Waals surface area contributed by atoms with Gasteiger partial charge in [0.25, 0.3) is 5.56 Å². The fourth-order valence-corrected chi connectivity index (χ4v) is 2.68. The predicted octanol–water partition coefficient (Wildman–Crippen LogP) is 2.22. The van der Waals surface area contributed by atoms with E-state index < -0.39 is 0 Å². The molecule has 128 valence electrons. The van der Waals surface area contributed by atoms with Crippen molar-refractivity contribution >= 4 is 16.8 Å². The Morgan fingerprint density at radius 1 is 1.16 bits per heavy atom. The molecule has 1 heterocycles. The zero-order valence-electron chi connectivity index (χ0n) is 13.9. The largest absolute Gasteiger partial charge is 0.508 e. The van der Waals surface area contributed by atoms with Gasteiger partial charge in [-0.05, 0) is 30.2 Å². The number of para-hydroxylation sites is 2. The van der Waals surface area contributed by atoms with E-state index in [0.717, 1.165) is 5.56 Å². The van der Waals surface area contributed by atoms with Crippen LogP contribution in [0.5, 0.6) is 5.75 Å². The second-order valence-electron chi connectivity index (χ2n) is 5.91. The molecular weight excluding hydrogens is 318 g/mol. The van der Waals surface area contributed by atoms with Gasteiger partial charge in [0.05, 0.1) is 17.4 Å². The number of nitrogens with zero attached hydrogens (tertiary/aromatic N) is 2. The molecule has 25 heavy (non-hydrogen) atoms. The second-order valence-corrected chi connectivity index (χ2v) is 5.91. The summed E-state index contributed by atoms with van der Waals surface area (Å²) in [7, 11) is 1.67. The number of carbonyl (C=O) groups is 1. The third-order valence-electron chi connectivity index (χ3n) is 4.07. The van der Waals surface area contributed by atoms with E-state index in [4.69, 9.17) is 0 Å². The number of aryl methyl sites for hydroxylation is 1. The number of phenols is 1. The van der Waals surface area contributed by atoms with Gasteiger partial charge in [-0.2, -0.15) is 0 Å². The van der Waals surface area contributed by atoms with E-state index in [0.29, 0.717) is 23.1 Å². The van der Waals surface area contributed by atoms with Crippen molar-refractivity contribution in [1.82, 2.24) is 14.9 Å². The molecule has 6 nitrogen and oxygen atoms in total. The molecule has 0 aliphatic carbocycles. The summed E-state index contributed by atoms with van der Waals surface area (Å²) in [4.78, 5) is 33.0. The molecule has 0 unspecified atom stereocenters. The van der Waals surface area contributed by atoms with Crippen molar-refractivity contribution in [2.75, 3.05) is 7.05 Å². The standard InChI is InChI=1S/C19H19N3O3/c1-22(18(24)11-10-13-6-2-5-9-16(13)23)12-17-20-15-8-4-3-7-14(15)19(25)21-17/h2-9,23H,10-12H2,1H3,(H,20,21,25). The number of aromatic hydroxyl groups is 1. The zero-order chi connectivity index (χ0) is 17.8. The van der Waals surface area contributed by atoms with Crippen molar-refractivity contribution in [3.8, 4) is 5.75 Å². The van der Waals surface area contributed by atoms with Crippen molar-refractivity contribution in [3.05, 3.63) is 70.3 Å². The summed E-state index contributed by atoms with van der Waals surface area (Å²) in [5.74, 6) is 0.555. The number of aromatic nitrogens is 2. The van der Waals surface area contributed by atoms with Gasteiger partial charge >= 0.3 is 0 Å². The van der Waals surface area contributed by atoms with Crippen LogP contribution >= 0.6 is 0 Å². The van der Waals surface area contributed by atoms with Crippen LogP contribution in [0, 0.1) is 0 Å². The summed E-state index contributed by atoms with van der Waals surface area (Å²) in [6.07, 6.45) is 0.726. The molecule has 0 radical (unpaired) electrons. The van der Waals surface area contributed by atoms with Crippen LogP contribution in [-0.4, -0.2) is 32.9 Å². The number of aromatic amines is 1. The number of H-pyrrole nitrogens is 1. The van der Waals surface area contributed by atoms with Crippen molar-refractivity contribution in [1.29, 1.82) is 0 Å². The summed E-state index contributed by atoms with van der Waals surface area (Å²) in [5.41, 5.74) is 1.13. The SMILES string of the molecule is CN(Cc1nc2ccccc2c(=O)[nH]1)C(=O)CCc1ccccc1O. The molecular formula is C19H19N3O3. The number of fused-ring (bicyclic) bond motifs is 1. The first-order valence-corrected chi connectivity index (χ1v) is 8.03. The van der Waals surface area contributed by atoms with Crippen molar-refractivity contribution < 1.29 is 9.90 Å². The van der Waals surface area contributed by atoms with Gasteiger partial charge in [0.15, 0.2) is 0 Å². The van der Waals surface area contributed by atoms with E-state index in [2.05, 4.69) is 9.97 Å². The van der Waals surface area contributed by atoms with Crippen LogP contribution in [0.15, 0.2) is 53.3 Å². The maximum absolute atomic E-state index is 12.3. The number of carbonyl (C=O) groups excluding carboxylic acids is 1. The first-order valence-electron chi connectivity index (χ1n) is 8.03. The molecule has 0 saturated carbocycles. The molecule has 0 atom stereocenters. The summed E-state index contributed by atoms with van der Waals surface area (Å²) in [5, 5.41) is 10.3. The Kier molecular flexibility index (Phi) is 4.79. The van der Waals surface area contributed by atoms with Crippen LogP contribution in [0.1, 0.15) is 17.8 Å². The lowest BCUT2D eigenvalue weighted by Crippen LogP contribution is -2.28. The summed E-state index contributed by atoms with van der Waals surface area (Å²) < 4.78 is 0. The number of benzene rings is 2. The maximum atomic E-state index is 12.3. The minimum Gasteiger partial charge on any atom is -0.508 e. The topological polar surface area (TPSA) is 86.3 Å². The van der Waals surface area contributed by atoms with Crippen LogP contribution in [0.2, 0.25) is 0 Å². The Balaban J connectivity index is 1.67. The van der Waals surface area contributed by atoms with Crippen molar-refractivity contribution in [2.45, 2.75) is 19.4 Å². The Bertz CT molecular complexity index is 965. The smallest absolute Gasteiger partial charge is 0.258 e. The summed E-state index contributed by atoms with van der Waals surface area (Å²) >= 11 is 0. The lowest BCUT2D eigenvalue weighted by molar-refractivity contribution is -0.130. The predicted molar refractivity (Wildman–Crippen MR) is 95.3 cm³/mol. The van der Waals surface area contributed by atoms with Gasteiger partial charge in [0, 0.05) is 13.5 Å². The van der Waals surface area contributed by atoms with Gasteiger partial charge in [-0.3, -0.25) is 9.59 Å². The number of hydrogen-bond acceptors (Lipinski definition) is 4. The average molecular weight is 337 g/mol. The monoisotopic (exact) mass is 337 g/mol. The van der Waals surface area contributed by atoms with E-state index in [1.165, 1.54) is 4.90 Å². The highest BCUT2D eigenvalue weighted by atomic mass is 16.3. The van der Waals surface area contributed by atoms with Gasteiger partial charge in [-0.1, -0.05) is 30.3 Å². The van der Waals surface area contributed by atoms with Crippen LogP contribution in [0.4, 0.5) is 0 Å². The molecule has 0 aliphatic rings. The molecule has 2 aromatic carbocycles. The van der Waals surface area contributed by atoms with E-state index in [9.17, 15) is 14.7 Å². The first kappa shape index (κ1) is 16.7. The molecule has 3 aromatic rings. The quantitative estimate of drug-likeness (QED) is 0.747. The molecule has 0 fully saturated rings. The molecule has 3 rings (SSSR count). The number of phenolic OH excluding ortho intramolecular Hbond substituents is 1. The Morgan fingerprint density at radius 2 is 1.88 bits per heavy atom. The number of nitrogens with one attached hydrogen (secondary N) is 1.